The Kier molecular flexibility index (Phi) is 9.08. The number of carbonyl (C=O) groups is 1. The first-order chi connectivity index (χ1) is 20.2. The van der Waals surface area contributed by atoms with Gasteiger partial charge in [-0.2, -0.15) is 13.2 Å². The van der Waals surface area contributed by atoms with E-state index >= 15 is 0 Å². The van der Waals surface area contributed by atoms with Crippen LogP contribution in [0.2, 0.25) is 0 Å². The summed E-state index contributed by atoms with van der Waals surface area (Å²) in [6.07, 6.45) is -4.44. The molecule has 42 heavy (non-hydrogen) atoms. The number of hydrogen-bond donors (Lipinski definition) is 0. The van der Waals surface area contributed by atoms with E-state index in [1.54, 1.807) is 35.6 Å². The molecule has 1 aliphatic heterocycles. The number of carbonyl (C=O) groups excluding carboxylic acids is 1. The smallest absolute Gasteiger partial charge is 0.416 e. The fraction of sp³-hybridized carbons (Fsp3) is 0.290. The third-order valence-corrected chi connectivity index (χ3v) is 7.95. The predicted molar refractivity (Wildman–Crippen MR) is 154 cm³/mol. The Morgan fingerprint density at radius 2 is 1.62 bits per heavy atom. The highest BCUT2D eigenvalue weighted by molar-refractivity contribution is 7.09. The molecule has 0 bridgehead atoms. The quantitative estimate of drug-likeness (QED) is 0.207. The molecule has 11 heteroatoms. The number of ether oxygens (including phenoxy) is 1. The Hall–Kier alpha value is -3.96. The fourth-order valence-electron chi connectivity index (χ4n) is 4.92. The zero-order valence-electron chi connectivity index (χ0n) is 23.0. The summed E-state index contributed by atoms with van der Waals surface area (Å²) in [5.74, 6) is 0.281. The van der Waals surface area contributed by atoms with Crippen LogP contribution in [0.4, 0.5) is 23.2 Å². The molecule has 4 aromatic rings. The average molecular weight is 599 g/mol. The Labute approximate surface area is 245 Å². The summed E-state index contributed by atoms with van der Waals surface area (Å²) in [5.41, 5.74) is 2.02. The maximum Gasteiger partial charge on any atom is 0.416 e. The molecule has 2 heterocycles. The number of rotatable bonds is 9. The molecule has 1 aromatic heterocycles. The first kappa shape index (κ1) is 29.5. The number of hydrogen-bond acceptors (Lipinski definition) is 6. The Bertz CT molecular complexity index is 1480. The molecular formula is C31H30F4N4O2S. The van der Waals surface area contributed by atoms with Crippen LogP contribution >= 0.6 is 11.3 Å². The van der Waals surface area contributed by atoms with Gasteiger partial charge in [0, 0.05) is 50.3 Å². The molecule has 1 saturated heterocycles. The highest BCUT2D eigenvalue weighted by atomic mass is 32.1. The molecule has 0 unspecified atom stereocenters. The number of aromatic nitrogens is 1. The van der Waals surface area contributed by atoms with Crippen molar-refractivity contribution in [1.29, 1.82) is 0 Å². The maximum absolute atomic E-state index is 13.5. The molecule has 0 spiro atoms. The van der Waals surface area contributed by atoms with Crippen molar-refractivity contribution in [2.75, 3.05) is 38.2 Å². The van der Waals surface area contributed by atoms with Crippen LogP contribution in [-0.4, -0.2) is 54.0 Å². The van der Waals surface area contributed by atoms with Gasteiger partial charge in [0.15, 0.2) is 0 Å². The molecule has 220 valence electrons. The van der Waals surface area contributed by atoms with E-state index in [9.17, 15) is 22.4 Å². The monoisotopic (exact) mass is 598 g/mol. The lowest BCUT2D eigenvalue weighted by Crippen LogP contribution is -2.48. The van der Waals surface area contributed by atoms with E-state index in [1.807, 2.05) is 29.2 Å². The van der Waals surface area contributed by atoms with Gasteiger partial charge in [0.1, 0.15) is 22.3 Å². The molecule has 5 rings (SSSR count). The number of amides is 1. The van der Waals surface area contributed by atoms with Crippen molar-refractivity contribution in [3.8, 4) is 5.75 Å². The lowest BCUT2D eigenvalue weighted by Gasteiger charge is -2.35. The number of alkyl halides is 3. The van der Waals surface area contributed by atoms with Crippen LogP contribution in [0.5, 0.6) is 5.75 Å². The standard InChI is InChI=1S/C31H30F4N4O2S/c1-41-27-11-9-26(10-12-27)38-13-15-39(16-14-38)30(40)28-21-42-29(36-28)20-37(18-22-5-7-25(32)8-6-22)19-23-3-2-4-24(17-23)31(33,34)35/h2-12,17,21H,13-16,18-20H2,1H3. The van der Waals surface area contributed by atoms with Gasteiger partial charge in [0.2, 0.25) is 0 Å². The van der Waals surface area contributed by atoms with Gasteiger partial charge in [-0.1, -0.05) is 30.3 Å². The van der Waals surface area contributed by atoms with Crippen LogP contribution in [0.15, 0.2) is 78.2 Å². The summed E-state index contributed by atoms with van der Waals surface area (Å²) in [7, 11) is 1.63. The van der Waals surface area contributed by atoms with E-state index in [4.69, 9.17) is 4.74 Å². The summed E-state index contributed by atoms with van der Waals surface area (Å²) in [6, 6.07) is 19.1. The zero-order valence-corrected chi connectivity index (χ0v) is 23.8. The Balaban J connectivity index is 1.25. The van der Waals surface area contributed by atoms with Gasteiger partial charge in [-0.15, -0.1) is 11.3 Å². The predicted octanol–water partition coefficient (Wildman–Crippen LogP) is 6.47. The second-order valence-electron chi connectivity index (χ2n) is 10.1. The minimum absolute atomic E-state index is 0.144. The highest BCUT2D eigenvalue weighted by Gasteiger charge is 2.30. The third kappa shape index (κ3) is 7.46. The number of anilines is 1. The minimum Gasteiger partial charge on any atom is -0.497 e. The number of thiazole rings is 1. The van der Waals surface area contributed by atoms with Gasteiger partial charge in [-0.25, -0.2) is 9.37 Å². The normalized spacial score (nSPS) is 14.0. The summed E-state index contributed by atoms with van der Waals surface area (Å²) >= 11 is 1.34. The topological polar surface area (TPSA) is 48.9 Å². The minimum atomic E-state index is -4.44. The average Bonchev–Trinajstić information content (AvgIpc) is 3.46. The first-order valence-corrected chi connectivity index (χ1v) is 14.3. The van der Waals surface area contributed by atoms with E-state index in [2.05, 4.69) is 9.88 Å². The van der Waals surface area contributed by atoms with Gasteiger partial charge in [-0.05, 0) is 53.6 Å². The Morgan fingerprint density at radius 3 is 2.29 bits per heavy atom. The molecule has 3 aromatic carbocycles. The number of piperazine rings is 1. The van der Waals surface area contributed by atoms with Crippen LogP contribution in [-0.2, 0) is 25.8 Å². The van der Waals surface area contributed by atoms with E-state index in [0.29, 0.717) is 55.5 Å². The van der Waals surface area contributed by atoms with Crippen LogP contribution in [0, 0.1) is 5.82 Å². The number of benzene rings is 3. The van der Waals surface area contributed by atoms with Gasteiger partial charge < -0.3 is 14.5 Å². The largest absolute Gasteiger partial charge is 0.497 e. The molecule has 0 radical (unpaired) electrons. The van der Waals surface area contributed by atoms with E-state index in [1.165, 1.54) is 29.5 Å². The zero-order chi connectivity index (χ0) is 29.7. The van der Waals surface area contributed by atoms with Gasteiger partial charge in [-0.3, -0.25) is 9.69 Å². The number of nitrogens with zero attached hydrogens (tertiary/aromatic N) is 4. The lowest BCUT2D eigenvalue weighted by atomic mass is 10.1. The number of methoxy groups -OCH3 is 1. The Morgan fingerprint density at radius 1 is 0.929 bits per heavy atom. The molecule has 1 aliphatic rings. The molecule has 6 nitrogen and oxygen atoms in total. The fourth-order valence-corrected chi connectivity index (χ4v) is 5.73. The SMILES string of the molecule is COc1ccc(N2CCN(C(=O)c3csc(CN(Cc4ccc(F)cc4)Cc4cccc(C(F)(F)F)c4)n3)CC2)cc1. The van der Waals surface area contributed by atoms with Gasteiger partial charge in [0.05, 0.1) is 19.2 Å². The molecule has 1 fully saturated rings. The van der Waals surface area contributed by atoms with Crippen molar-refractivity contribution >= 4 is 22.9 Å². The first-order valence-electron chi connectivity index (χ1n) is 13.4. The molecular weight excluding hydrogens is 568 g/mol. The van der Waals surface area contributed by atoms with Crippen molar-refractivity contribution in [3.05, 3.63) is 111 Å². The maximum atomic E-state index is 13.5. The summed E-state index contributed by atoms with van der Waals surface area (Å²) in [5, 5.41) is 2.40. The molecule has 1 amide bonds. The van der Waals surface area contributed by atoms with Crippen molar-refractivity contribution in [3.63, 3.8) is 0 Å². The second kappa shape index (κ2) is 12.9. The van der Waals surface area contributed by atoms with Crippen molar-refractivity contribution in [2.24, 2.45) is 0 Å². The second-order valence-corrected chi connectivity index (χ2v) is 11.0. The van der Waals surface area contributed by atoms with Crippen molar-refractivity contribution in [2.45, 2.75) is 25.8 Å². The summed E-state index contributed by atoms with van der Waals surface area (Å²) in [4.78, 5) is 23.8. The lowest BCUT2D eigenvalue weighted by molar-refractivity contribution is -0.137. The van der Waals surface area contributed by atoms with Crippen LogP contribution < -0.4 is 9.64 Å². The molecule has 0 saturated carbocycles. The van der Waals surface area contributed by atoms with Crippen LogP contribution in [0.25, 0.3) is 0 Å². The molecule has 0 atom stereocenters. The van der Waals surface area contributed by atoms with Crippen molar-refractivity contribution in [1.82, 2.24) is 14.8 Å². The van der Waals surface area contributed by atoms with Gasteiger partial charge >= 0.3 is 6.18 Å². The van der Waals surface area contributed by atoms with Crippen LogP contribution in [0.1, 0.15) is 32.2 Å². The molecule has 0 N–H and O–H groups in total. The number of halogens is 4. The van der Waals surface area contributed by atoms with E-state index in [-0.39, 0.29) is 18.3 Å². The van der Waals surface area contributed by atoms with E-state index < -0.39 is 11.7 Å². The van der Waals surface area contributed by atoms with Crippen LogP contribution in [0.3, 0.4) is 0 Å². The third-order valence-electron chi connectivity index (χ3n) is 7.11. The summed E-state index contributed by atoms with van der Waals surface area (Å²) < 4.78 is 58.6. The van der Waals surface area contributed by atoms with E-state index in [0.717, 1.165) is 29.1 Å². The van der Waals surface area contributed by atoms with Crippen molar-refractivity contribution < 1.29 is 27.1 Å². The molecule has 0 aliphatic carbocycles. The van der Waals surface area contributed by atoms with Gasteiger partial charge in [0.25, 0.3) is 5.91 Å². The summed E-state index contributed by atoms with van der Waals surface area (Å²) in [6.45, 7) is 3.41. The highest BCUT2D eigenvalue weighted by Crippen LogP contribution is 2.30.